The van der Waals surface area contributed by atoms with Gasteiger partial charge in [0.2, 0.25) is 5.69 Å². The van der Waals surface area contributed by atoms with E-state index in [4.69, 9.17) is 6.57 Å². The van der Waals surface area contributed by atoms with Crippen LogP contribution in [0.2, 0.25) is 19.6 Å². The molecule has 1 rings (SSSR count). The van der Waals surface area contributed by atoms with Crippen molar-refractivity contribution in [1.82, 2.24) is 0 Å². The molecule has 18 heavy (non-hydrogen) atoms. The predicted molar refractivity (Wildman–Crippen MR) is 74.3 cm³/mol. The highest BCUT2D eigenvalue weighted by Crippen LogP contribution is 2.20. The van der Waals surface area contributed by atoms with Gasteiger partial charge in [0.1, 0.15) is 8.07 Å². The molecule has 0 radical (unpaired) electrons. The third-order valence-corrected chi connectivity index (χ3v) is 2.99. The summed E-state index contributed by atoms with van der Waals surface area (Å²) < 4.78 is 4.65. The van der Waals surface area contributed by atoms with Crippen molar-refractivity contribution in [3.63, 3.8) is 0 Å². The lowest BCUT2D eigenvalue weighted by molar-refractivity contribution is 0.0600. The van der Waals surface area contributed by atoms with Gasteiger partial charge in [0.05, 0.1) is 19.2 Å². The minimum absolute atomic E-state index is 0.414. The molecule has 92 valence electrons. The maximum absolute atomic E-state index is 11.4. The van der Waals surface area contributed by atoms with Crippen molar-refractivity contribution < 1.29 is 9.53 Å². The standard InChI is InChI=1S/C14H15NO2Si/c1-15-13-7-6-12(14(16)17-2)10-11(13)8-9-18(3,4)5/h6-7,10H,2-5H3. The Morgan fingerprint density at radius 1 is 1.39 bits per heavy atom. The second-order valence-electron chi connectivity index (χ2n) is 4.84. The second kappa shape index (κ2) is 5.53. The molecule has 0 aliphatic heterocycles. The fraction of sp³-hybridized carbons (Fsp3) is 0.286. The van der Waals surface area contributed by atoms with E-state index >= 15 is 0 Å². The zero-order chi connectivity index (χ0) is 13.8. The molecule has 4 heteroatoms. The number of benzene rings is 1. The highest BCUT2D eigenvalue weighted by atomic mass is 28.3. The molecular formula is C14H15NO2Si. The van der Waals surface area contributed by atoms with Crippen LogP contribution in [0.25, 0.3) is 4.85 Å². The summed E-state index contributed by atoms with van der Waals surface area (Å²) in [6, 6.07) is 4.80. The van der Waals surface area contributed by atoms with Crippen molar-refractivity contribution in [2.45, 2.75) is 19.6 Å². The fourth-order valence-electron chi connectivity index (χ4n) is 1.23. The lowest BCUT2D eigenvalue weighted by Crippen LogP contribution is -2.16. The number of carbonyl (C=O) groups is 1. The zero-order valence-electron chi connectivity index (χ0n) is 11.0. The van der Waals surface area contributed by atoms with Crippen LogP contribution in [0.1, 0.15) is 15.9 Å². The molecule has 0 aromatic heterocycles. The van der Waals surface area contributed by atoms with Crippen LogP contribution in [0.3, 0.4) is 0 Å². The number of esters is 1. The third-order valence-electron chi connectivity index (χ3n) is 2.11. The first-order valence-corrected chi connectivity index (χ1v) is 9.00. The highest BCUT2D eigenvalue weighted by molar-refractivity contribution is 6.83. The van der Waals surface area contributed by atoms with Gasteiger partial charge in [-0.15, -0.1) is 5.54 Å². The van der Waals surface area contributed by atoms with Gasteiger partial charge in [-0.3, -0.25) is 0 Å². The second-order valence-corrected chi connectivity index (χ2v) is 9.59. The Balaban J connectivity index is 3.27. The molecule has 0 aliphatic rings. The summed E-state index contributed by atoms with van der Waals surface area (Å²) in [5.74, 6) is 2.60. The number of hydrogen-bond acceptors (Lipinski definition) is 2. The number of rotatable bonds is 1. The van der Waals surface area contributed by atoms with Crippen molar-refractivity contribution in [1.29, 1.82) is 0 Å². The SMILES string of the molecule is [C-]#[N+]c1ccc(C(=O)OC)cc1C#C[Si](C)(C)C. The first kappa shape index (κ1) is 14.0. The maximum Gasteiger partial charge on any atom is 0.337 e. The highest BCUT2D eigenvalue weighted by Gasteiger charge is 2.10. The molecule has 1 aromatic rings. The van der Waals surface area contributed by atoms with E-state index in [-0.39, 0.29) is 0 Å². The van der Waals surface area contributed by atoms with Gasteiger partial charge in [-0.2, -0.15) is 0 Å². The molecule has 0 fully saturated rings. The topological polar surface area (TPSA) is 30.7 Å². The van der Waals surface area contributed by atoms with E-state index in [2.05, 4.69) is 40.7 Å². The molecule has 0 heterocycles. The summed E-state index contributed by atoms with van der Waals surface area (Å²) in [4.78, 5) is 14.8. The van der Waals surface area contributed by atoms with E-state index in [1.807, 2.05) is 0 Å². The first-order chi connectivity index (χ1) is 8.37. The number of methoxy groups -OCH3 is 1. The lowest BCUT2D eigenvalue weighted by Gasteiger charge is -2.05. The summed E-state index contributed by atoms with van der Waals surface area (Å²) in [5.41, 5.74) is 4.67. The Morgan fingerprint density at radius 2 is 2.06 bits per heavy atom. The van der Waals surface area contributed by atoms with Gasteiger partial charge in [0.25, 0.3) is 0 Å². The third kappa shape index (κ3) is 3.76. The lowest BCUT2D eigenvalue weighted by atomic mass is 10.1. The predicted octanol–water partition coefficient (Wildman–Crippen LogP) is 3.25. The van der Waals surface area contributed by atoms with E-state index in [9.17, 15) is 4.79 Å². The van der Waals surface area contributed by atoms with Gasteiger partial charge in [0.15, 0.2) is 0 Å². The zero-order valence-corrected chi connectivity index (χ0v) is 12.0. The molecule has 0 spiro atoms. The minimum Gasteiger partial charge on any atom is -0.465 e. The van der Waals surface area contributed by atoms with E-state index < -0.39 is 14.0 Å². The van der Waals surface area contributed by atoms with Gasteiger partial charge in [0, 0.05) is 5.56 Å². The number of ether oxygens (including phenoxy) is 1. The Morgan fingerprint density at radius 3 is 2.56 bits per heavy atom. The van der Waals surface area contributed by atoms with Gasteiger partial charge < -0.3 is 4.74 Å². The molecule has 0 amide bonds. The van der Waals surface area contributed by atoms with Crippen LogP contribution in [0.5, 0.6) is 0 Å². The quantitative estimate of drug-likeness (QED) is 0.334. The number of nitrogens with zero attached hydrogens (tertiary/aromatic N) is 1. The first-order valence-electron chi connectivity index (χ1n) is 5.50. The monoisotopic (exact) mass is 257 g/mol. The Bertz CT molecular complexity index is 568. The summed E-state index contributed by atoms with van der Waals surface area (Å²) in [5, 5.41) is 0. The molecule has 0 saturated heterocycles. The van der Waals surface area contributed by atoms with Gasteiger partial charge in [-0.25, -0.2) is 9.64 Å². The van der Waals surface area contributed by atoms with Crippen molar-refractivity contribution in [2.75, 3.05) is 7.11 Å². The van der Waals surface area contributed by atoms with Gasteiger partial charge in [-0.1, -0.05) is 37.7 Å². The molecule has 0 bridgehead atoms. The fourth-order valence-corrected chi connectivity index (χ4v) is 1.74. The molecule has 0 saturated carbocycles. The van der Waals surface area contributed by atoms with Crippen LogP contribution < -0.4 is 0 Å². The maximum atomic E-state index is 11.4. The van der Waals surface area contributed by atoms with Crippen molar-refractivity contribution >= 4 is 19.7 Å². The average molecular weight is 257 g/mol. The summed E-state index contributed by atoms with van der Waals surface area (Å²) in [7, 11) is -0.177. The van der Waals surface area contributed by atoms with Crippen LogP contribution in [0.15, 0.2) is 18.2 Å². The molecule has 0 N–H and O–H groups in total. The van der Waals surface area contributed by atoms with Crippen LogP contribution in [-0.2, 0) is 4.74 Å². The van der Waals surface area contributed by atoms with Gasteiger partial charge >= 0.3 is 5.97 Å². The van der Waals surface area contributed by atoms with E-state index in [0.717, 1.165) is 0 Å². The molecule has 3 nitrogen and oxygen atoms in total. The largest absolute Gasteiger partial charge is 0.465 e. The van der Waals surface area contributed by atoms with Gasteiger partial charge in [-0.05, 0) is 6.07 Å². The van der Waals surface area contributed by atoms with Crippen LogP contribution in [0.4, 0.5) is 5.69 Å². The Hall–Kier alpha value is -2.04. The average Bonchev–Trinajstić information content (AvgIpc) is 2.34. The van der Waals surface area contributed by atoms with E-state index in [1.165, 1.54) is 7.11 Å². The Kier molecular flexibility index (Phi) is 4.31. The smallest absolute Gasteiger partial charge is 0.337 e. The molecule has 1 aromatic carbocycles. The number of carbonyl (C=O) groups excluding carboxylic acids is 1. The van der Waals surface area contributed by atoms with Crippen LogP contribution in [-0.4, -0.2) is 21.2 Å². The van der Waals surface area contributed by atoms with Crippen molar-refractivity contribution in [3.05, 3.63) is 40.7 Å². The minimum atomic E-state index is -1.51. The molecule has 0 unspecified atom stereocenters. The molecular weight excluding hydrogens is 242 g/mol. The summed E-state index contributed by atoms with van der Waals surface area (Å²) in [6.07, 6.45) is 0. The number of hydrogen-bond donors (Lipinski definition) is 0. The normalized spacial score (nSPS) is 9.94. The molecule has 0 atom stereocenters. The van der Waals surface area contributed by atoms with Crippen molar-refractivity contribution in [3.8, 4) is 11.5 Å². The van der Waals surface area contributed by atoms with Crippen LogP contribution in [0, 0.1) is 18.0 Å². The summed E-state index contributed by atoms with van der Waals surface area (Å²) in [6.45, 7) is 13.5. The van der Waals surface area contributed by atoms with Crippen LogP contribution >= 0.6 is 0 Å². The Labute approximate surface area is 109 Å². The van der Waals surface area contributed by atoms with Crippen molar-refractivity contribution in [2.24, 2.45) is 0 Å². The van der Waals surface area contributed by atoms with E-state index in [0.29, 0.717) is 16.8 Å². The summed E-state index contributed by atoms with van der Waals surface area (Å²) >= 11 is 0. The van der Waals surface area contributed by atoms with E-state index in [1.54, 1.807) is 18.2 Å². The molecule has 0 aliphatic carbocycles.